The first kappa shape index (κ1) is 14.0. The maximum absolute atomic E-state index is 4.50. The van der Waals surface area contributed by atoms with Gasteiger partial charge in [0.15, 0.2) is 0 Å². The molecule has 0 aliphatic carbocycles. The first-order valence-corrected chi connectivity index (χ1v) is 7.06. The molecule has 0 aliphatic heterocycles. The van der Waals surface area contributed by atoms with Crippen LogP contribution in [0.1, 0.15) is 5.56 Å². The van der Waals surface area contributed by atoms with E-state index in [1.165, 1.54) is 0 Å². The Hall–Kier alpha value is -2.95. The molecule has 0 atom stereocenters. The van der Waals surface area contributed by atoms with Crippen LogP contribution in [-0.4, -0.2) is 22.0 Å². The molecular weight excluding hydrogens is 274 g/mol. The Bertz CT molecular complexity index is 771. The van der Waals surface area contributed by atoms with Crippen molar-refractivity contribution in [2.45, 2.75) is 6.92 Å². The number of hydrogen-bond donors (Lipinski definition) is 2. The number of rotatable bonds is 4. The van der Waals surface area contributed by atoms with Gasteiger partial charge in [-0.15, -0.1) is 0 Å². The minimum absolute atomic E-state index is 0.574. The van der Waals surface area contributed by atoms with Gasteiger partial charge < -0.3 is 10.6 Å². The van der Waals surface area contributed by atoms with Crippen LogP contribution in [0.5, 0.6) is 0 Å². The first-order chi connectivity index (χ1) is 10.8. The van der Waals surface area contributed by atoms with E-state index in [9.17, 15) is 0 Å². The Kier molecular flexibility index (Phi) is 3.96. The Morgan fingerprint density at radius 2 is 1.73 bits per heavy atom. The second-order valence-corrected chi connectivity index (χ2v) is 4.89. The van der Waals surface area contributed by atoms with Crippen LogP contribution in [0.3, 0.4) is 0 Å². The van der Waals surface area contributed by atoms with E-state index in [2.05, 4.69) is 38.6 Å². The monoisotopic (exact) mass is 291 g/mol. The quantitative estimate of drug-likeness (QED) is 0.768. The summed E-state index contributed by atoms with van der Waals surface area (Å²) in [6, 6.07) is 13.9. The highest BCUT2D eigenvalue weighted by molar-refractivity contribution is 5.68. The lowest BCUT2D eigenvalue weighted by Crippen LogP contribution is -2.02. The molecule has 22 heavy (non-hydrogen) atoms. The maximum atomic E-state index is 4.50. The van der Waals surface area contributed by atoms with Crippen LogP contribution in [0, 0.1) is 6.92 Å². The molecule has 0 amide bonds. The number of nitrogens with one attached hydrogen (secondary N) is 2. The fourth-order valence-corrected chi connectivity index (χ4v) is 2.14. The van der Waals surface area contributed by atoms with Crippen LogP contribution in [0.2, 0.25) is 0 Å². The number of anilines is 3. The maximum Gasteiger partial charge on any atom is 0.224 e. The van der Waals surface area contributed by atoms with E-state index in [1.54, 1.807) is 12.4 Å². The highest BCUT2D eigenvalue weighted by atomic mass is 15.1. The molecule has 0 radical (unpaired) electrons. The lowest BCUT2D eigenvalue weighted by Gasteiger charge is -2.11. The summed E-state index contributed by atoms with van der Waals surface area (Å²) in [5, 5.41) is 6.35. The number of benzene rings is 1. The molecule has 2 N–H and O–H groups in total. The minimum Gasteiger partial charge on any atom is -0.357 e. The summed E-state index contributed by atoms with van der Waals surface area (Å²) in [6.45, 7) is 2.06. The van der Waals surface area contributed by atoms with Crippen LogP contribution in [-0.2, 0) is 0 Å². The molecule has 0 spiro atoms. The highest BCUT2D eigenvalue weighted by Gasteiger charge is 2.07. The van der Waals surface area contributed by atoms with Crippen LogP contribution < -0.4 is 10.6 Å². The van der Waals surface area contributed by atoms with Crippen molar-refractivity contribution in [3.63, 3.8) is 0 Å². The molecule has 0 saturated heterocycles. The normalized spacial score (nSPS) is 10.3. The Morgan fingerprint density at radius 1 is 0.955 bits per heavy atom. The van der Waals surface area contributed by atoms with E-state index in [4.69, 9.17) is 0 Å². The van der Waals surface area contributed by atoms with Gasteiger partial charge in [-0.3, -0.25) is 4.98 Å². The third-order valence-corrected chi connectivity index (χ3v) is 3.33. The Labute approximate surface area is 129 Å². The van der Waals surface area contributed by atoms with Crippen LogP contribution in [0.25, 0.3) is 11.3 Å². The van der Waals surface area contributed by atoms with E-state index in [0.717, 1.165) is 28.3 Å². The lowest BCUT2D eigenvalue weighted by molar-refractivity contribution is 1.15. The van der Waals surface area contributed by atoms with E-state index in [0.29, 0.717) is 5.95 Å². The van der Waals surface area contributed by atoms with Gasteiger partial charge in [-0.25, -0.2) is 4.98 Å². The molecule has 1 aromatic carbocycles. The number of aryl methyl sites for hydroxylation is 1. The molecule has 3 aromatic rings. The third-order valence-electron chi connectivity index (χ3n) is 3.33. The number of hydrogen-bond acceptors (Lipinski definition) is 5. The largest absolute Gasteiger partial charge is 0.357 e. The van der Waals surface area contributed by atoms with Gasteiger partial charge in [0.2, 0.25) is 5.95 Å². The van der Waals surface area contributed by atoms with Gasteiger partial charge in [-0.1, -0.05) is 18.2 Å². The highest BCUT2D eigenvalue weighted by Crippen LogP contribution is 2.24. The van der Waals surface area contributed by atoms with Crippen molar-refractivity contribution in [1.29, 1.82) is 0 Å². The van der Waals surface area contributed by atoms with Gasteiger partial charge in [0.05, 0.1) is 5.69 Å². The fraction of sp³-hybridized carbons (Fsp3) is 0.118. The minimum atomic E-state index is 0.574. The van der Waals surface area contributed by atoms with E-state index >= 15 is 0 Å². The number of nitrogens with zero attached hydrogens (tertiary/aromatic N) is 3. The molecule has 0 fully saturated rings. The number of para-hydroxylation sites is 1. The molecule has 0 aliphatic rings. The molecule has 2 aromatic heterocycles. The smallest absolute Gasteiger partial charge is 0.224 e. The summed E-state index contributed by atoms with van der Waals surface area (Å²) in [6.07, 6.45) is 3.51. The van der Waals surface area contributed by atoms with Crippen molar-refractivity contribution >= 4 is 17.5 Å². The third kappa shape index (κ3) is 3.03. The van der Waals surface area contributed by atoms with Crippen molar-refractivity contribution in [3.05, 3.63) is 60.4 Å². The van der Waals surface area contributed by atoms with Gasteiger partial charge in [-0.05, 0) is 30.7 Å². The zero-order chi connectivity index (χ0) is 15.4. The molecule has 110 valence electrons. The molecule has 0 unspecified atom stereocenters. The molecule has 3 rings (SSSR count). The van der Waals surface area contributed by atoms with Crippen molar-refractivity contribution in [3.8, 4) is 11.3 Å². The average molecular weight is 291 g/mol. The van der Waals surface area contributed by atoms with Crippen molar-refractivity contribution in [2.75, 3.05) is 17.7 Å². The number of aromatic nitrogens is 3. The first-order valence-electron chi connectivity index (χ1n) is 7.06. The van der Waals surface area contributed by atoms with Crippen LogP contribution in [0.4, 0.5) is 17.5 Å². The fourth-order valence-electron chi connectivity index (χ4n) is 2.14. The summed E-state index contributed by atoms with van der Waals surface area (Å²) >= 11 is 0. The predicted octanol–water partition coefficient (Wildman–Crippen LogP) is 3.63. The van der Waals surface area contributed by atoms with E-state index < -0.39 is 0 Å². The molecule has 2 heterocycles. The second-order valence-electron chi connectivity index (χ2n) is 4.89. The topological polar surface area (TPSA) is 62.7 Å². The molecule has 0 bridgehead atoms. The van der Waals surface area contributed by atoms with Gasteiger partial charge >= 0.3 is 0 Å². The molecule has 5 nitrogen and oxygen atoms in total. The van der Waals surface area contributed by atoms with Gasteiger partial charge in [0.1, 0.15) is 5.82 Å². The van der Waals surface area contributed by atoms with E-state index in [-0.39, 0.29) is 0 Å². The molecule has 0 saturated carbocycles. The van der Waals surface area contributed by atoms with Gasteiger partial charge in [-0.2, -0.15) is 4.98 Å². The summed E-state index contributed by atoms with van der Waals surface area (Å²) in [7, 11) is 1.81. The van der Waals surface area contributed by atoms with Gasteiger partial charge in [0.25, 0.3) is 0 Å². The van der Waals surface area contributed by atoms with Crippen LogP contribution in [0.15, 0.2) is 54.9 Å². The summed E-state index contributed by atoms with van der Waals surface area (Å²) in [4.78, 5) is 13.0. The van der Waals surface area contributed by atoms with E-state index in [1.807, 2.05) is 43.4 Å². The standard InChI is InChI=1S/C17H17N5/c1-12-5-3-4-6-14(12)20-16-11-15(21-17(18-2)22-16)13-7-9-19-10-8-13/h3-11H,1-2H3,(H2,18,20,21,22). The van der Waals surface area contributed by atoms with Crippen molar-refractivity contribution < 1.29 is 0 Å². The van der Waals surface area contributed by atoms with Gasteiger partial charge in [0, 0.05) is 36.8 Å². The summed E-state index contributed by atoms with van der Waals surface area (Å²) < 4.78 is 0. The zero-order valence-corrected chi connectivity index (χ0v) is 12.5. The predicted molar refractivity (Wildman–Crippen MR) is 89.3 cm³/mol. The summed E-state index contributed by atoms with van der Waals surface area (Å²) in [5.41, 5.74) is 4.04. The van der Waals surface area contributed by atoms with Crippen molar-refractivity contribution in [1.82, 2.24) is 15.0 Å². The average Bonchev–Trinajstić information content (AvgIpc) is 2.57. The lowest BCUT2D eigenvalue weighted by atomic mass is 10.2. The number of pyridine rings is 1. The van der Waals surface area contributed by atoms with Crippen LogP contribution >= 0.6 is 0 Å². The zero-order valence-electron chi connectivity index (χ0n) is 12.5. The molecule has 5 heteroatoms. The second kappa shape index (κ2) is 6.22. The van der Waals surface area contributed by atoms with Crippen molar-refractivity contribution in [2.24, 2.45) is 0 Å². The Balaban J connectivity index is 2.00. The SMILES string of the molecule is CNc1nc(Nc2ccccc2C)cc(-c2ccncc2)n1. The Morgan fingerprint density at radius 3 is 2.45 bits per heavy atom. The molecular formula is C17H17N5. The summed E-state index contributed by atoms with van der Waals surface area (Å²) in [5.74, 6) is 1.32.